The van der Waals surface area contributed by atoms with E-state index in [0.717, 1.165) is 32.4 Å². The zero-order chi connectivity index (χ0) is 13.3. The Morgan fingerprint density at radius 2 is 1.89 bits per heavy atom. The van der Waals surface area contributed by atoms with Crippen molar-refractivity contribution in [3.05, 3.63) is 0 Å². The van der Waals surface area contributed by atoms with Crippen molar-refractivity contribution >= 4 is 12.0 Å². The van der Waals surface area contributed by atoms with E-state index in [2.05, 4.69) is 0 Å². The Morgan fingerprint density at radius 1 is 1.28 bits per heavy atom. The molecule has 0 unspecified atom stereocenters. The quantitative estimate of drug-likeness (QED) is 0.769. The first-order chi connectivity index (χ1) is 8.37. The summed E-state index contributed by atoms with van der Waals surface area (Å²) in [6.07, 6.45) is 2.67. The van der Waals surface area contributed by atoms with Crippen molar-refractivity contribution in [3.8, 4) is 0 Å². The van der Waals surface area contributed by atoms with Gasteiger partial charge >= 0.3 is 6.09 Å². The van der Waals surface area contributed by atoms with Crippen LogP contribution in [0, 0.1) is 0 Å². The van der Waals surface area contributed by atoms with Crippen molar-refractivity contribution in [1.29, 1.82) is 0 Å². The van der Waals surface area contributed by atoms with E-state index < -0.39 is 5.60 Å². The molecule has 0 spiro atoms. The molecule has 2 aliphatic rings. The molecule has 5 heteroatoms. The van der Waals surface area contributed by atoms with Gasteiger partial charge < -0.3 is 9.64 Å². The van der Waals surface area contributed by atoms with E-state index in [4.69, 9.17) is 4.74 Å². The number of carbonyl (C=O) groups excluding carboxylic acids is 2. The number of hydrogen-bond acceptors (Lipinski definition) is 3. The molecule has 1 saturated carbocycles. The molecule has 5 nitrogen and oxygen atoms in total. The van der Waals surface area contributed by atoms with Gasteiger partial charge in [-0.1, -0.05) is 0 Å². The fourth-order valence-corrected chi connectivity index (χ4v) is 1.86. The maximum absolute atomic E-state index is 12.0. The fourth-order valence-electron chi connectivity index (χ4n) is 1.86. The lowest BCUT2D eigenvalue weighted by atomic mass is 10.2. The lowest BCUT2D eigenvalue weighted by Crippen LogP contribution is -2.49. The SMILES string of the molecule is CC(C)(C)OC(=O)N(CC(=O)N1CCC1)C1CC1. The Kier molecular flexibility index (Phi) is 3.50. The van der Waals surface area contributed by atoms with Crippen molar-refractivity contribution in [2.45, 2.75) is 51.7 Å². The summed E-state index contributed by atoms with van der Waals surface area (Å²) >= 11 is 0. The van der Waals surface area contributed by atoms with Crippen molar-refractivity contribution in [1.82, 2.24) is 9.80 Å². The number of likely N-dealkylation sites (tertiary alicyclic amines) is 1. The minimum absolute atomic E-state index is 0.0407. The molecule has 0 aromatic heterocycles. The number of carbonyl (C=O) groups is 2. The third-order valence-electron chi connectivity index (χ3n) is 3.13. The van der Waals surface area contributed by atoms with Crippen LogP contribution in [0.5, 0.6) is 0 Å². The minimum Gasteiger partial charge on any atom is -0.444 e. The van der Waals surface area contributed by atoms with Gasteiger partial charge in [0.05, 0.1) is 0 Å². The minimum atomic E-state index is -0.510. The highest BCUT2D eigenvalue weighted by Gasteiger charge is 2.37. The summed E-state index contributed by atoms with van der Waals surface area (Å²) in [6.45, 7) is 7.34. The van der Waals surface area contributed by atoms with E-state index in [1.807, 2.05) is 20.8 Å². The van der Waals surface area contributed by atoms with E-state index in [-0.39, 0.29) is 24.6 Å². The molecule has 1 aliphatic heterocycles. The molecule has 1 saturated heterocycles. The molecule has 2 amide bonds. The van der Waals surface area contributed by atoms with Gasteiger partial charge in [-0.15, -0.1) is 0 Å². The van der Waals surface area contributed by atoms with Gasteiger partial charge in [-0.25, -0.2) is 4.79 Å². The molecule has 2 fully saturated rings. The lowest BCUT2D eigenvalue weighted by Gasteiger charge is -2.34. The molecular formula is C13H22N2O3. The normalized spacial score (nSPS) is 19.2. The highest BCUT2D eigenvalue weighted by molar-refractivity contribution is 5.83. The number of nitrogens with zero attached hydrogens (tertiary/aromatic N) is 2. The van der Waals surface area contributed by atoms with Gasteiger partial charge in [-0.3, -0.25) is 9.69 Å². The molecule has 0 N–H and O–H groups in total. The van der Waals surface area contributed by atoms with Crippen LogP contribution in [0.25, 0.3) is 0 Å². The molecular weight excluding hydrogens is 232 g/mol. The van der Waals surface area contributed by atoms with Crippen molar-refractivity contribution < 1.29 is 14.3 Å². The fraction of sp³-hybridized carbons (Fsp3) is 0.846. The Labute approximate surface area is 108 Å². The molecule has 18 heavy (non-hydrogen) atoms. The second-order valence-electron chi connectivity index (χ2n) is 6.07. The highest BCUT2D eigenvalue weighted by atomic mass is 16.6. The summed E-state index contributed by atoms with van der Waals surface area (Å²) in [4.78, 5) is 27.3. The molecule has 102 valence electrons. The first-order valence-electron chi connectivity index (χ1n) is 6.64. The predicted molar refractivity (Wildman–Crippen MR) is 67.2 cm³/mol. The third-order valence-corrected chi connectivity index (χ3v) is 3.13. The molecule has 0 radical (unpaired) electrons. The zero-order valence-corrected chi connectivity index (χ0v) is 11.4. The maximum atomic E-state index is 12.0. The van der Waals surface area contributed by atoms with Crippen LogP contribution in [0.15, 0.2) is 0 Å². The van der Waals surface area contributed by atoms with Crippen LogP contribution in [-0.4, -0.2) is 53.1 Å². The van der Waals surface area contributed by atoms with E-state index in [1.54, 1.807) is 9.80 Å². The number of rotatable bonds is 3. The Bertz CT molecular complexity index is 341. The van der Waals surface area contributed by atoms with Gasteiger partial charge in [0.15, 0.2) is 0 Å². The van der Waals surface area contributed by atoms with E-state index in [0.29, 0.717) is 0 Å². The molecule has 1 heterocycles. The smallest absolute Gasteiger partial charge is 0.411 e. The number of hydrogen-bond donors (Lipinski definition) is 0. The second kappa shape index (κ2) is 4.78. The summed E-state index contributed by atoms with van der Waals surface area (Å²) in [5.41, 5.74) is -0.510. The summed E-state index contributed by atoms with van der Waals surface area (Å²) in [5, 5.41) is 0. The third kappa shape index (κ3) is 3.37. The number of amides is 2. The molecule has 0 bridgehead atoms. The Hall–Kier alpha value is -1.26. The monoisotopic (exact) mass is 254 g/mol. The standard InChI is InChI=1S/C13H22N2O3/c1-13(2,3)18-12(17)15(10-5-6-10)9-11(16)14-7-4-8-14/h10H,4-9H2,1-3H3. The van der Waals surface area contributed by atoms with Crippen molar-refractivity contribution in [2.24, 2.45) is 0 Å². The molecule has 0 aromatic carbocycles. The van der Waals surface area contributed by atoms with Crippen LogP contribution in [0.1, 0.15) is 40.0 Å². The average Bonchev–Trinajstić information content (AvgIpc) is 2.90. The van der Waals surface area contributed by atoms with E-state index >= 15 is 0 Å². The molecule has 0 aromatic rings. The summed E-state index contributed by atoms with van der Waals surface area (Å²) in [6, 6.07) is 0.199. The van der Waals surface area contributed by atoms with Crippen LogP contribution in [0.2, 0.25) is 0 Å². The molecule has 1 aliphatic carbocycles. The van der Waals surface area contributed by atoms with Gasteiger partial charge in [0.2, 0.25) is 5.91 Å². The second-order valence-corrected chi connectivity index (χ2v) is 6.07. The van der Waals surface area contributed by atoms with Gasteiger partial charge in [-0.05, 0) is 40.0 Å². The summed E-state index contributed by atoms with van der Waals surface area (Å²) in [7, 11) is 0. The average molecular weight is 254 g/mol. The lowest BCUT2D eigenvalue weighted by molar-refractivity contribution is -0.135. The van der Waals surface area contributed by atoms with Crippen LogP contribution in [0.3, 0.4) is 0 Å². The van der Waals surface area contributed by atoms with Gasteiger partial charge in [0.1, 0.15) is 12.1 Å². The maximum Gasteiger partial charge on any atom is 0.411 e. The summed E-state index contributed by atoms with van der Waals surface area (Å²) in [5.74, 6) is 0.0407. The van der Waals surface area contributed by atoms with Crippen LogP contribution in [0.4, 0.5) is 4.79 Å². The largest absolute Gasteiger partial charge is 0.444 e. The van der Waals surface area contributed by atoms with E-state index in [9.17, 15) is 9.59 Å². The summed E-state index contributed by atoms with van der Waals surface area (Å²) < 4.78 is 5.35. The predicted octanol–water partition coefficient (Wildman–Crippen LogP) is 1.62. The first kappa shape index (κ1) is 13.2. The topological polar surface area (TPSA) is 49.9 Å². The highest BCUT2D eigenvalue weighted by Crippen LogP contribution is 2.28. The van der Waals surface area contributed by atoms with Crippen LogP contribution >= 0.6 is 0 Å². The van der Waals surface area contributed by atoms with E-state index in [1.165, 1.54) is 0 Å². The van der Waals surface area contributed by atoms with Gasteiger partial charge in [0, 0.05) is 19.1 Å². The number of ether oxygens (including phenoxy) is 1. The van der Waals surface area contributed by atoms with Gasteiger partial charge in [-0.2, -0.15) is 0 Å². The van der Waals surface area contributed by atoms with Crippen molar-refractivity contribution in [3.63, 3.8) is 0 Å². The Balaban J connectivity index is 1.91. The first-order valence-corrected chi connectivity index (χ1v) is 6.64. The zero-order valence-electron chi connectivity index (χ0n) is 11.4. The molecule has 2 rings (SSSR count). The molecule has 0 atom stereocenters. The Morgan fingerprint density at radius 3 is 2.28 bits per heavy atom. The van der Waals surface area contributed by atoms with Gasteiger partial charge in [0.25, 0.3) is 0 Å². The van der Waals surface area contributed by atoms with Crippen LogP contribution < -0.4 is 0 Å². The van der Waals surface area contributed by atoms with Crippen molar-refractivity contribution in [2.75, 3.05) is 19.6 Å². The van der Waals surface area contributed by atoms with Crippen LogP contribution in [-0.2, 0) is 9.53 Å².